The highest BCUT2D eigenvalue weighted by atomic mass is 32.1. The van der Waals surface area contributed by atoms with E-state index in [0.29, 0.717) is 27.0 Å². The maximum atomic E-state index is 13.1. The van der Waals surface area contributed by atoms with Gasteiger partial charge in [-0.25, -0.2) is 9.78 Å². The number of thiazole rings is 1. The standard InChI is InChI=1S/C29H26F3N5O5S/c1-3-42-24(38)11-12-33-27(41)37-28-36-21-10-9-18(14-23(21)43-28)26(40)35-22-13-17(8-7-16(22)2)25(39)34-20-6-4-5-19(15-20)29(30,31)32/h4-10,13-15H,3,11-12H2,1-2H3,(H,34,39)(H,35,40)(H2,33,36,37,41). The van der Waals surface area contributed by atoms with Crippen LogP contribution in [0.25, 0.3) is 10.2 Å². The van der Waals surface area contributed by atoms with Crippen LogP contribution in [0.2, 0.25) is 0 Å². The number of alkyl halides is 3. The highest BCUT2D eigenvalue weighted by Gasteiger charge is 2.30. The fraction of sp³-hybridized carbons (Fsp3) is 0.207. The van der Waals surface area contributed by atoms with Crippen LogP contribution < -0.4 is 21.3 Å². The van der Waals surface area contributed by atoms with Gasteiger partial charge in [0.15, 0.2) is 5.13 Å². The number of hydrogen-bond donors (Lipinski definition) is 4. The second kappa shape index (κ2) is 13.3. The van der Waals surface area contributed by atoms with E-state index in [1.165, 1.54) is 24.3 Å². The van der Waals surface area contributed by atoms with E-state index in [4.69, 9.17) is 4.74 Å². The van der Waals surface area contributed by atoms with Gasteiger partial charge < -0.3 is 20.7 Å². The number of carbonyl (C=O) groups excluding carboxylic acids is 4. The number of fused-ring (bicyclic) bond motifs is 1. The average molecular weight is 614 g/mol. The minimum absolute atomic E-state index is 0.0214. The predicted molar refractivity (Wildman–Crippen MR) is 156 cm³/mol. The number of benzene rings is 3. The van der Waals surface area contributed by atoms with Crippen molar-refractivity contribution in [2.24, 2.45) is 0 Å². The van der Waals surface area contributed by atoms with Crippen molar-refractivity contribution in [3.8, 4) is 0 Å². The predicted octanol–water partition coefficient (Wildman–Crippen LogP) is 6.20. The second-order valence-electron chi connectivity index (χ2n) is 9.15. The molecule has 4 N–H and O–H groups in total. The van der Waals surface area contributed by atoms with Crippen molar-refractivity contribution in [3.63, 3.8) is 0 Å². The summed E-state index contributed by atoms with van der Waals surface area (Å²) in [7, 11) is 0. The molecule has 43 heavy (non-hydrogen) atoms. The quantitative estimate of drug-likeness (QED) is 0.166. The summed E-state index contributed by atoms with van der Waals surface area (Å²) in [5.74, 6) is -1.54. The van der Waals surface area contributed by atoms with Crippen LogP contribution in [0.4, 0.5) is 34.5 Å². The lowest BCUT2D eigenvalue weighted by Gasteiger charge is -2.12. The van der Waals surface area contributed by atoms with E-state index < -0.39 is 35.6 Å². The number of nitrogens with one attached hydrogen (secondary N) is 4. The molecule has 1 heterocycles. The highest BCUT2D eigenvalue weighted by molar-refractivity contribution is 7.22. The Morgan fingerprint density at radius 3 is 2.37 bits per heavy atom. The lowest BCUT2D eigenvalue weighted by Crippen LogP contribution is -2.30. The molecular weight excluding hydrogens is 587 g/mol. The van der Waals surface area contributed by atoms with Crippen molar-refractivity contribution in [2.75, 3.05) is 29.1 Å². The van der Waals surface area contributed by atoms with Crippen molar-refractivity contribution >= 4 is 61.9 Å². The van der Waals surface area contributed by atoms with E-state index in [0.717, 1.165) is 23.5 Å². The maximum Gasteiger partial charge on any atom is 0.416 e. The topological polar surface area (TPSA) is 139 Å². The molecule has 0 saturated carbocycles. The normalized spacial score (nSPS) is 11.1. The number of anilines is 3. The Hall–Kier alpha value is -4.98. The molecule has 10 nitrogen and oxygen atoms in total. The summed E-state index contributed by atoms with van der Waals surface area (Å²) in [5, 5.41) is 10.6. The largest absolute Gasteiger partial charge is 0.466 e. The van der Waals surface area contributed by atoms with Crippen LogP contribution in [0.1, 0.15) is 45.2 Å². The molecule has 0 aliphatic rings. The molecule has 0 unspecified atom stereocenters. The fourth-order valence-corrected chi connectivity index (χ4v) is 4.74. The van der Waals surface area contributed by atoms with E-state index in [9.17, 15) is 32.3 Å². The van der Waals surface area contributed by atoms with Crippen molar-refractivity contribution in [1.29, 1.82) is 0 Å². The van der Waals surface area contributed by atoms with Gasteiger partial charge in [0.25, 0.3) is 11.8 Å². The Morgan fingerprint density at radius 1 is 0.907 bits per heavy atom. The Balaban J connectivity index is 1.41. The molecule has 4 amide bonds. The molecule has 4 aromatic rings. The van der Waals surface area contributed by atoms with E-state index in [2.05, 4.69) is 26.3 Å². The molecule has 0 fully saturated rings. The summed E-state index contributed by atoms with van der Waals surface area (Å²) in [6.45, 7) is 3.77. The van der Waals surface area contributed by atoms with Crippen molar-refractivity contribution < 1.29 is 37.1 Å². The number of halogens is 3. The fourth-order valence-electron chi connectivity index (χ4n) is 3.84. The first-order valence-electron chi connectivity index (χ1n) is 12.9. The van der Waals surface area contributed by atoms with Crippen LogP contribution in [0.3, 0.4) is 0 Å². The van der Waals surface area contributed by atoms with Crippen LogP contribution in [0.5, 0.6) is 0 Å². The monoisotopic (exact) mass is 613 g/mol. The lowest BCUT2D eigenvalue weighted by molar-refractivity contribution is -0.143. The lowest BCUT2D eigenvalue weighted by atomic mass is 10.1. The van der Waals surface area contributed by atoms with Crippen molar-refractivity contribution in [2.45, 2.75) is 26.4 Å². The first-order chi connectivity index (χ1) is 20.4. The zero-order valence-electron chi connectivity index (χ0n) is 22.9. The molecule has 0 aliphatic carbocycles. The zero-order chi connectivity index (χ0) is 31.1. The Morgan fingerprint density at radius 2 is 1.63 bits per heavy atom. The maximum absolute atomic E-state index is 13.1. The number of aromatic nitrogens is 1. The van der Waals surface area contributed by atoms with Crippen molar-refractivity contribution in [3.05, 3.63) is 82.9 Å². The number of nitrogens with zero attached hydrogens (tertiary/aromatic N) is 1. The first-order valence-corrected chi connectivity index (χ1v) is 13.8. The van der Waals surface area contributed by atoms with E-state index >= 15 is 0 Å². The number of urea groups is 1. The second-order valence-corrected chi connectivity index (χ2v) is 10.2. The molecule has 0 spiro atoms. The third-order valence-corrected chi connectivity index (χ3v) is 6.92. The number of aryl methyl sites for hydroxylation is 1. The number of ether oxygens (including phenoxy) is 1. The summed E-state index contributed by atoms with van der Waals surface area (Å²) in [4.78, 5) is 53.7. The smallest absolute Gasteiger partial charge is 0.416 e. The van der Waals surface area contributed by atoms with Crippen molar-refractivity contribution in [1.82, 2.24) is 10.3 Å². The Labute approximate surface area is 247 Å². The molecule has 224 valence electrons. The van der Waals surface area contributed by atoms with Gasteiger partial charge in [0.2, 0.25) is 0 Å². The van der Waals surface area contributed by atoms with Crippen LogP contribution in [0, 0.1) is 6.92 Å². The Kier molecular flexibility index (Phi) is 9.60. The van der Waals surface area contributed by atoms with Gasteiger partial charge >= 0.3 is 18.2 Å². The van der Waals surface area contributed by atoms with E-state index in [1.807, 2.05) is 0 Å². The average Bonchev–Trinajstić information content (AvgIpc) is 3.35. The van der Waals surface area contributed by atoms with Crippen LogP contribution >= 0.6 is 11.3 Å². The van der Waals surface area contributed by atoms with E-state index in [1.54, 1.807) is 38.1 Å². The number of esters is 1. The number of carbonyl (C=O) groups is 4. The van der Waals surface area contributed by atoms with Gasteiger partial charge in [0, 0.05) is 29.0 Å². The van der Waals surface area contributed by atoms with Gasteiger partial charge in [-0.2, -0.15) is 13.2 Å². The number of rotatable bonds is 9. The van der Waals surface area contributed by atoms with Gasteiger partial charge in [0.05, 0.1) is 28.8 Å². The zero-order valence-corrected chi connectivity index (χ0v) is 23.7. The van der Waals surface area contributed by atoms with Crippen LogP contribution in [-0.2, 0) is 15.7 Å². The number of amides is 4. The van der Waals surface area contributed by atoms with Gasteiger partial charge in [-0.05, 0) is 67.9 Å². The first kappa shape index (κ1) is 31.0. The third-order valence-electron chi connectivity index (χ3n) is 5.99. The summed E-state index contributed by atoms with van der Waals surface area (Å²) in [6, 6.07) is 13.1. The summed E-state index contributed by atoms with van der Waals surface area (Å²) < 4.78 is 44.5. The molecular formula is C29H26F3N5O5S. The molecule has 4 rings (SSSR count). The molecule has 14 heteroatoms. The minimum atomic E-state index is -4.55. The minimum Gasteiger partial charge on any atom is -0.466 e. The van der Waals surface area contributed by atoms with E-state index in [-0.39, 0.29) is 36.0 Å². The van der Waals surface area contributed by atoms with Gasteiger partial charge in [-0.15, -0.1) is 0 Å². The molecule has 0 saturated heterocycles. The Bertz CT molecular complexity index is 1690. The summed E-state index contributed by atoms with van der Waals surface area (Å²) >= 11 is 1.15. The van der Waals surface area contributed by atoms with Gasteiger partial charge in [0.1, 0.15) is 0 Å². The molecule has 3 aromatic carbocycles. The number of hydrogen-bond acceptors (Lipinski definition) is 7. The summed E-state index contributed by atoms with van der Waals surface area (Å²) in [5.41, 5.74) is 1.06. The highest BCUT2D eigenvalue weighted by Crippen LogP contribution is 2.31. The molecule has 0 aliphatic heterocycles. The van der Waals surface area contributed by atoms with Gasteiger partial charge in [-0.1, -0.05) is 23.5 Å². The molecule has 1 aromatic heterocycles. The van der Waals surface area contributed by atoms with Gasteiger partial charge in [-0.3, -0.25) is 19.7 Å². The molecule has 0 radical (unpaired) electrons. The molecule has 0 bridgehead atoms. The SMILES string of the molecule is CCOC(=O)CCNC(=O)Nc1nc2ccc(C(=O)Nc3cc(C(=O)Nc4cccc(C(F)(F)F)c4)ccc3C)cc2s1. The third kappa shape index (κ3) is 8.29. The molecule has 0 atom stereocenters. The van der Waals surface area contributed by atoms with Crippen LogP contribution in [-0.4, -0.2) is 42.0 Å². The summed E-state index contributed by atoms with van der Waals surface area (Å²) in [6.07, 6.45) is -4.52. The van der Waals surface area contributed by atoms with Crippen LogP contribution in [0.15, 0.2) is 60.7 Å².